The van der Waals surface area contributed by atoms with Gasteiger partial charge in [-0.15, -0.1) is 0 Å². The molecule has 0 aliphatic heterocycles. The molecule has 2 fully saturated rings. The van der Waals surface area contributed by atoms with E-state index in [9.17, 15) is 4.79 Å². The minimum atomic E-state index is -0.0552. The molecule has 1 amide bonds. The Morgan fingerprint density at radius 2 is 2.00 bits per heavy atom. The summed E-state index contributed by atoms with van der Waals surface area (Å²) in [5.41, 5.74) is 6.75. The maximum absolute atomic E-state index is 11.8. The molecule has 0 saturated heterocycles. The number of benzene rings is 1. The molecule has 0 spiro atoms. The van der Waals surface area contributed by atoms with E-state index in [4.69, 9.17) is 22.7 Å². The fraction of sp³-hybridized carbons (Fsp3) is 0.500. The molecule has 0 atom stereocenters. The molecule has 3 rings (SSSR count). The average molecular weight is 304 g/mol. The molecule has 21 heavy (non-hydrogen) atoms. The van der Waals surface area contributed by atoms with Crippen LogP contribution in [0, 0.1) is 11.3 Å². The molecule has 112 valence electrons. The summed E-state index contributed by atoms with van der Waals surface area (Å²) in [4.78, 5) is 12.2. The van der Waals surface area contributed by atoms with E-state index in [1.54, 1.807) is 24.3 Å². The summed E-state index contributed by atoms with van der Waals surface area (Å²) < 4.78 is 5.47. The number of ether oxygens (including phenoxy) is 1. The van der Waals surface area contributed by atoms with Crippen molar-refractivity contribution in [1.29, 1.82) is 0 Å². The summed E-state index contributed by atoms with van der Waals surface area (Å²) in [5.74, 6) is 1.44. The van der Waals surface area contributed by atoms with Crippen LogP contribution in [0.5, 0.6) is 5.75 Å². The largest absolute Gasteiger partial charge is 0.484 e. The van der Waals surface area contributed by atoms with Crippen LogP contribution in [0.2, 0.25) is 0 Å². The maximum atomic E-state index is 11.8. The number of hydrogen-bond acceptors (Lipinski definition) is 3. The molecule has 5 heteroatoms. The Morgan fingerprint density at radius 1 is 1.33 bits per heavy atom. The van der Waals surface area contributed by atoms with Gasteiger partial charge < -0.3 is 15.8 Å². The van der Waals surface area contributed by atoms with E-state index in [1.807, 2.05) is 0 Å². The van der Waals surface area contributed by atoms with Crippen LogP contribution in [0.3, 0.4) is 0 Å². The van der Waals surface area contributed by atoms with Crippen molar-refractivity contribution in [2.75, 3.05) is 13.2 Å². The Labute approximate surface area is 130 Å². The van der Waals surface area contributed by atoms with Crippen LogP contribution >= 0.6 is 12.2 Å². The first-order valence-corrected chi connectivity index (χ1v) is 7.79. The van der Waals surface area contributed by atoms with Gasteiger partial charge in [-0.1, -0.05) is 12.2 Å². The summed E-state index contributed by atoms with van der Waals surface area (Å²) in [6.45, 7) is 0.855. The number of nitrogens with one attached hydrogen (secondary N) is 1. The number of rotatable bonds is 7. The molecule has 2 aliphatic carbocycles. The molecule has 0 heterocycles. The third-order valence-electron chi connectivity index (χ3n) is 4.48. The predicted molar refractivity (Wildman–Crippen MR) is 85.2 cm³/mol. The molecule has 0 aromatic heterocycles. The van der Waals surface area contributed by atoms with Crippen molar-refractivity contribution in [3.8, 4) is 5.75 Å². The van der Waals surface area contributed by atoms with Gasteiger partial charge in [0.05, 0.1) is 0 Å². The van der Waals surface area contributed by atoms with Crippen LogP contribution in [-0.2, 0) is 4.79 Å². The van der Waals surface area contributed by atoms with Crippen molar-refractivity contribution in [2.24, 2.45) is 17.1 Å². The van der Waals surface area contributed by atoms with Gasteiger partial charge in [0.1, 0.15) is 10.7 Å². The molecule has 4 nitrogen and oxygen atoms in total. The molecular formula is C16H20N2O2S. The molecule has 2 saturated carbocycles. The molecule has 2 aliphatic rings. The molecule has 3 N–H and O–H groups in total. The van der Waals surface area contributed by atoms with Gasteiger partial charge in [0, 0.05) is 12.1 Å². The van der Waals surface area contributed by atoms with Gasteiger partial charge in [0.25, 0.3) is 5.91 Å². The highest BCUT2D eigenvalue weighted by Gasteiger charge is 2.53. The van der Waals surface area contributed by atoms with Gasteiger partial charge in [0.2, 0.25) is 0 Å². The molecule has 0 radical (unpaired) electrons. The van der Waals surface area contributed by atoms with Crippen LogP contribution in [-0.4, -0.2) is 24.0 Å². The number of thiocarbonyl (C=S) groups is 1. The van der Waals surface area contributed by atoms with E-state index in [-0.39, 0.29) is 12.5 Å². The fourth-order valence-electron chi connectivity index (χ4n) is 2.78. The van der Waals surface area contributed by atoms with Gasteiger partial charge in [-0.25, -0.2) is 0 Å². The quantitative estimate of drug-likeness (QED) is 0.756. The number of carbonyl (C=O) groups excluding carboxylic acids is 1. The normalized spacial score (nSPS) is 18.9. The third kappa shape index (κ3) is 3.53. The molecule has 1 aromatic rings. The first-order valence-electron chi connectivity index (χ1n) is 7.38. The van der Waals surface area contributed by atoms with E-state index < -0.39 is 0 Å². The van der Waals surface area contributed by atoms with Crippen molar-refractivity contribution in [3.05, 3.63) is 29.8 Å². The Balaban J connectivity index is 1.42. The standard InChI is InChI=1S/C16H20N2O2S/c17-15(21)11-1-5-13(6-2-11)20-9-14(19)18-10-16(7-8-16)12-3-4-12/h1-2,5-6,12H,3-4,7-10H2,(H2,17,21)(H,18,19). The van der Waals surface area contributed by atoms with Crippen LogP contribution in [0.25, 0.3) is 0 Å². The third-order valence-corrected chi connectivity index (χ3v) is 4.72. The van der Waals surface area contributed by atoms with Crippen molar-refractivity contribution >= 4 is 23.1 Å². The second-order valence-electron chi connectivity index (χ2n) is 6.09. The summed E-state index contributed by atoms with van der Waals surface area (Å²) in [5, 5.41) is 3.00. The number of hydrogen-bond donors (Lipinski definition) is 2. The van der Waals surface area contributed by atoms with Crippen LogP contribution in [0.15, 0.2) is 24.3 Å². The number of amides is 1. The predicted octanol–water partition coefficient (Wildman–Crippen LogP) is 2.01. The van der Waals surface area contributed by atoms with Crippen LogP contribution < -0.4 is 15.8 Å². The lowest BCUT2D eigenvalue weighted by atomic mass is 10.0. The SMILES string of the molecule is NC(=S)c1ccc(OCC(=O)NCC2(C3CC3)CC2)cc1. The zero-order valence-electron chi connectivity index (χ0n) is 11.9. The van der Waals surface area contributed by atoms with Crippen LogP contribution in [0.1, 0.15) is 31.2 Å². The lowest BCUT2D eigenvalue weighted by Crippen LogP contribution is -2.34. The van der Waals surface area contributed by atoms with Crippen LogP contribution in [0.4, 0.5) is 0 Å². The lowest BCUT2D eigenvalue weighted by molar-refractivity contribution is -0.123. The first-order chi connectivity index (χ1) is 10.1. The molecule has 1 aromatic carbocycles. The van der Waals surface area contributed by atoms with Crippen molar-refractivity contribution in [1.82, 2.24) is 5.32 Å². The monoisotopic (exact) mass is 304 g/mol. The summed E-state index contributed by atoms with van der Waals surface area (Å²) in [6, 6.07) is 7.13. The minimum Gasteiger partial charge on any atom is -0.484 e. The van der Waals surface area contributed by atoms with E-state index >= 15 is 0 Å². The topological polar surface area (TPSA) is 64.3 Å². The molecule has 0 bridgehead atoms. The van der Waals surface area contributed by atoms with Gasteiger partial charge in [-0.3, -0.25) is 4.79 Å². The lowest BCUT2D eigenvalue weighted by Gasteiger charge is -2.15. The highest BCUT2D eigenvalue weighted by atomic mass is 32.1. The second kappa shape index (κ2) is 5.64. The zero-order valence-corrected chi connectivity index (χ0v) is 12.7. The highest BCUT2D eigenvalue weighted by molar-refractivity contribution is 7.80. The first kappa shape index (κ1) is 14.3. The van der Waals surface area contributed by atoms with Crippen molar-refractivity contribution in [2.45, 2.75) is 25.7 Å². The fourth-order valence-corrected chi connectivity index (χ4v) is 2.91. The van der Waals surface area contributed by atoms with Gasteiger partial charge >= 0.3 is 0 Å². The number of nitrogens with two attached hydrogens (primary N) is 1. The maximum Gasteiger partial charge on any atom is 0.257 e. The Kier molecular flexibility index (Phi) is 3.85. The summed E-state index contributed by atoms with van der Waals surface area (Å²) >= 11 is 4.89. The number of carbonyl (C=O) groups is 1. The second-order valence-corrected chi connectivity index (χ2v) is 6.53. The van der Waals surface area contributed by atoms with Crippen molar-refractivity contribution < 1.29 is 9.53 Å². The Hall–Kier alpha value is -1.62. The molecular weight excluding hydrogens is 284 g/mol. The smallest absolute Gasteiger partial charge is 0.257 e. The molecule has 0 unspecified atom stereocenters. The summed E-state index contributed by atoms with van der Waals surface area (Å²) in [6.07, 6.45) is 5.20. The minimum absolute atomic E-state index is 0.0488. The zero-order chi connectivity index (χ0) is 14.9. The van der Waals surface area contributed by atoms with Gasteiger partial charge in [-0.2, -0.15) is 0 Å². The summed E-state index contributed by atoms with van der Waals surface area (Å²) in [7, 11) is 0. The van der Waals surface area contributed by atoms with Gasteiger partial charge in [0.15, 0.2) is 6.61 Å². The van der Waals surface area contributed by atoms with E-state index in [0.29, 0.717) is 16.2 Å². The van der Waals surface area contributed by atoms with E-state index in [1.165, 1.54) is 25.7 Å². The van der Waals surface area contributed by atoms with Gasteiger partial charge in [-0.05, 0) is 61.3 Å². The average Bonchev–Trinajstić information content (AvgIpc) is 3.36. The van der Waals surface area contributed by atoms with E-state index in [0.717, 1.165) is 18.0 Å². The Bertz CT molecular complexity index is 548. The highest BCUT2D eigenvalue weighted by Crippen LogP contribution is 2.60. The Morgan fingerprint density at radius 3 is 2.52 bits per heavy atom. The van der Waals surface area contributed by atoms with E-state index in [2.05, 4.69) is 5.32 Å². The van der Waals surface area contributed by atoms with Crippen molar-refractivity contribution in [3.63, 3.8) is 0 Å².